The highest BCUT2D eigenvalue weighted by molar-refractivity contribution is 5.58. The molecule has 0 atom stereocenters. The zero-order valence-electron chi connectivity index (χ0n) is 7.70. The van der Waals surface area contributed by atoms with Crippen LogP contribution in [0.4, 0.5) is 11.4 Å². The summed E-state index contributed by atoms with van der Waals surface area (Å²) in [4.78, 5) is 10.1. The molecule has 0 aliphatic carbocycles. The average Bonchev–Trinajstić information content (AvgIpc) is 2.09. The Balaban J connectivity index is 3.30. The van der Waals surface area contributed by atoms with E-state index in [9.17, 15) is 10.1 Å². The van der Waals surface area contributed by atoms with Gasteiger partial charge >= 0.3 is 0 Å². The van der Waals surface area contributed by atoms with E-state index >= 15 is 0 Å². The van der Waals surface area contributed by atoms with Gasteiger partial charge in [0.15, 0.2) is 0 Å². The molecule has 4 heteroatoms. The summed E-state index contributed by atoms with van der Waals surface area (Å²) in [6, 6.07) is 3.02. The van der Waals surface area contributed by atoms with Crippen LogP contribution in [-0.2, 0) is 6.42 Å². The Bertz CT molecular complexity index is 348. The topological polar surface area (TPSA) is 69.2 Å². The molecule has 0 aliphatic heterocycles. The minimum absolute atomic E-state index is 0.114. The SMILES string of the molecule is CCc1cc([N+](=O)[O-])cc(C)c1N. The third-order valence-electron chi connectivity index (χ3n) is 2.05. The molecule has 1 rings (SSSR count). The third-order valence-corrected chi connectivity index (χ3v) is 2.05. The molecule has 0 unspecified atom stereocenters. The summed E-state index contributed by atoms with van der Waals surface area (Å²) in [7, 11) is 0. The van der Waals surface area contributed by atoms with Crippen LogP contribution in [0.15, 0.2) is 12.1 Å². The number of rotatable bonds is 2. The Kier molecular flexibility index (Phi) is 2.51. The van der Waals surface area contributed by atoms with Crippen molar-refractivity contribution in [1.82, 2.24) is 0 Å². The Hall–Kier alpha value is -1.58. The number of nitrogen functional groups attached to an aromatic ring is 1. The lowest BCUT2D eigenvalue weighted by molar-refractivity contribution is -0.384. The lowest BCUT2D eigenvalue weighted by Crippen LogP contribution is -1.98. The van der Waals surface area contributed by atoms with Gasteiger partial charge in [-0.2, -0.15) is 0 Å². The van der Waals surface area contributed by atoms with Gasteiger partial charge in [-0.3, -0.25) is 10.1 Å². The molecule has 1 aromatic rings. The number of nitro groups is 1. The van der Waals surface area contributed by atoms with Gasteiger partial charge < -0.3 is 5.73 Å². The number of nitro benzene ring substituents is 1. The second-order valence-electron chi connectivity index (χ2n) is 2.95. The lowest BCUT2D eigenvalue weighted by Gasteiger charge is -2.05. The first-order chi connectivity index (χ1) is 6.06. The van der Waals surface area contributed by atoms with Crippen LogP contribution in [0.3, 0.4) is 0 Å². The van der Waals surface area contributed by atoms with Crippen molar-refractivity contribution < 1.29 is 4.92 Å². The van der Waals surface area contributed by atoms with Gasteiger partial charge in [0.25, 0.3) is 5.69 Å². The van der Waals surface area contributed by atoms with Crippen LogP contribution in [0.1, 0.15) is 18.1 Å². The van der Waals surface area contributed by atoms with Crippen molar-refractivity contribution in [2.75, 3.05) is 5.73 Å². The van der Waals surface area contributed by atoms with Gasteiger partial charge in [0, 0.05) is 17.8 Å². The zero-order valence-corrected chi connectivity index (χ0v) is 7.70. The van der Waals surface area contributed by atoms with Crippen LogP contribution in [0.5, 0.6) is 0 Å². The molecule has 0 saturated carbocycles. The van der Waals surface area contributed by atoms with Crippen molar-refractivity contribution in [3.05, 3.63) is 33.4 Å². The standard InChI is InChI=1S/C9H12N2O2/c1-3-7-5-8(11(12)13)4-6(2)9(7)10/h4-5H,3,10H2,1-2H3. The third kappa shape index (κ3) is 1.77. The van der Waals surface area contributed by atoms with Crippen molar-refractivity contribution >= 4 is 11.4 Å². The van der Waals surface area contributed by atoms with Crippen LogP contribution in [0, 0.1) is 17.0 Å². The van der Waals surface area contributed by atoms with E-state index in [0.717, 1.165) is 11.1 Å². The van der Waals surface area contributed by atoms with E-state index in [2.05, 4.69) is 0 Å². The van der Waals surface area contributed by atoms with Crippen molar-refractivity contribution in [2.24, 2.45) is 0 Å². The van der Waals surface area contributed by atoms with Crippen molar-refractivity contribution in [3.8, 4) is 0 Å². The van der Waals surface area contributed by atoms with Gasteiger partial charge in [0.05, 0.1) is 4.92 Å². The quantitative estimate of drug-likeness (QED) is 0.430. The van der Waals surface area contributed by atoms with E-state index in [4.69, 9.17) is 5.73 Å². The molecular weight excluding hydrogens is 168 g/mol. The van der Waals surface area contributed by atoms with Crippen LogP contribution in [-0.4, -0.2) is 4.92 Å². The summed E-state index contributed by atoms with van der Waals surface area (Å²) >= 11 is 0. The maximum absolute atomic E-state index is 10.5. The van der Waals surface area contributed by atoms with Gasteiger partial charge in [-0.15, -0.1) is 0 Å². The monoisotopic (exact) mass is 180 g/mol. The van der Waals surface area contributed by atoms with E-state index < -0.39 is 4.92 Å². The molecule has 0 radical (unpaired) electrons. The van der Waals surface area contributed by atoms with Crippen molar-refractivity contribution in [2.45, 2.75) is 20.3 Å². The largest absolute Gasteiger partial charge is 0.398 e. The van der Waals surface area contributed by atoms with Gasteiger partial charge in [-0.1, -0.05) is 6.92 Å². The smallest absolute Gasteiger partial charge is 0.270 e. The second-order valence-corrected chi connectivity index (χ2v) is 2.95. The number of hydrogen-bond acceptors (Lipinski definition) is 3. The zero-order chi connectivity index (χ0) is 10.0. The van der Waals surface area contributed by atoms with E-state index in [0.29, 0.717) is 12.1 Å². The molecule has 0 bridgehead atoms. The second kappa shape index (κ2) is 3.43. The van der Waals surface area contributed by atoms with E-state index in [-0.39, 0.29) is 5.69 Å². The number of aryl methyl sites for hydroxylation is 2. The number of anilines is 1. The van der Waals surface area contributed by atoms with E-state index in [1.54, 1.807) is 6.92 Å². The number of nitrogens with zero attached hydrogens (tertiary/aromatic N) is 1. The number of benzene rings is 1. The minimum Gasteiger partial charge on any atom is -0.398 e. The first-order valence-corrected chi connectivity index (χ1v) is 4.09. The fraction of sp³-hybridized carbons (Fsp3) is 0.333. The molecule has 0 spiro atoms. The Morgan fingerprint density at radius 2 is 2.15 bits per heavy atom. The fourth-order valence-corrected chi connectivity index (χ4v) is 1.25. The summed E-state index contributed by atoms with van der Waals surface area (Å²) in [5.74, 6) is 0. The van der Waals surface area contributed by atoms with E-state index in [1.165, 1.54) is 12.1 Å². The maximum atomic E-state index is 10.5. The molecule has 0 amide bonds. The van der Waals surface area contributed by atoms with E-state index in [1.807, 2.05) is 6.92 Å². The van der Waals surface area contributed by atoms with Gasteiger partial charge in [0.2, 0.25) is 0 Å². The van der Waals surface area contributed by atoms with Crippen LogP contribution >= 0.6 is 0 Å². The van der Waals surface area contributed by atoms with Gasteiger partial charge in [-0.25, -0.2) is 0 Å². The summed E-state index contributed by atoms with van der Waals surface area (Å²) in [5, 5.41) is 10.5. The van der Waals surface area contributed by atoms with Crippen molar-refractivity contribution in [1.29, 1.82) is 0 Å². The highest BCUT2D eigenvalue weighted by Gasteiger charge is 2.10. The lowest BCUT2D eigenvalue weighted by atomic mass is 10.1. The first kappa shape index (κ1) is 9.51. The molecule has 4 nitrogen and oxygen atoms in total. The molecule has 2 N–H and O–H groups in total. The fourth-order valence-electron chi connectivity index (χ4n) is 1.25. The molecule has 70 valence electrons. The molecule has 0 heterocycles. The van der Waals surface area contributed by atoms with Crippen molar-refractivity contribution in [3.63, 3.8) is 0 Å². The first-order valence-electron chi connectivity index (χ1n) is 4.09. The van der Waals surface area contributed by atoms with Gasteiger partial charge in [0.1, 0.15) is 0 Å². The Labute approximate surface area is 76.5 Å². The molecule has 0 aliphatic rings. The molecule has 0 fully saturated rings. The number of non-ortho nitro benzene ring substituents is 1. The summed E-state index contributed by atoms with van der Waals surface area (Å²) < 4.78 is 0. The molecule has 0 saturated heterocycles. The minimum atomic E-state index is -0.397. The summed E-state index contributed by atoms with van der Waals surface area (Å²) in [5.41, 5.74) is 8.12. The van der Waals surface area contributed by atoms with Crippen LogP contribution in [0.2, 0.25) is 0 Å². The number of nitrogens with two attached hydrogens (primary N) is 1. The highest BCUT2D eigenvalue weighted by atomic mass is 16.6. The van der Waals surface area contributed by atoms with Crippen LogP contribution < -0.4 is 5.73 Å². The summed E-state index contributed by atoms with van der Waals surface area (Å²) in [6.07, 6.45) is 0.717. The molecule has 1 aromatic carbocycles. The van der Waals surface area contributed by atoms with Gasteiger partial charge in [-0.05, 0) is 24.5 Å². The Morgan fingerprint density at radius 1 is 1.54 bits per heavy atom. The Morgan fingerprint density at radius 3 is 2.62 bits per heavy atom. The normalized spacial score (nSPS) is 10.0. The molecular formula is C9H12N2O2. The molecule has 13 heavy (non-hydrogen) atoms. The highest BCUT2D eigenvalue weighted by Crippen LogP contribution is 2.24. The van der Waals surface area contributed by atoms with Crippen LogP contribution in [0.25, 0.3) is 0 Å². The average molecular weight is 180 g/mol. The summed E-state index contributed by atoms with van der Waals surface area (Å²) in [6.45, 7) is 3.70. The predicted molar refractivity (Wildman–Crippen MR) is 51.6 cm³/mol. The maximum Gasteiger partial charge on any atom is 0.270 e. The predicted octanol–water partition coefficient (Wildman–Crippen LogP) is 2.05. The number of hydrogen-bond donors (Lipinski definition) is 1. The molecule has 0 aromatic heterocycles.